The van der Waals surface area contributed by atoms with Crippen molar-refractivity contribution in [1.82, 2.24) is 0 Å². The zero-order chi connectivity index (χ0) is 15.4. The highest BCUT2D eigenvalue weighted by Gasteiger charge is 2.07. The predicted molar refractivity (Wildman–Crippen MR) is 84.2 cm³/mol. The van der Waals surface area contributed by atoms with Gasteiger partial charge in [0, 0.05) is 5.02 Å². The average Bonchev–Trinajstić information content (AvgIpc) is 2.43. The third-order valence-electron chi connectivity index (χ3n) is 2.79. The van der Waals surface area contributed by atoms with Crippen LogP contribution in [0.3, 0.4) is 0 Å². The Morgan fingerprint density at radius 3 is 2.14 bits per heavy atom. The molecule has 0 atom stereocenters. The molecule has 0 radical (unpaired) electrons. The molecular weight excluding hydrogens is 335 g/mol. The van der Waals surface area contributed by atoms with E-state index in [0.717, 1.165) is 16.7 Å². The number of hydrogen-bond donors (Lipinski definition) is 1. The molecule has 0 aliphatic rings. The van der Waals surface area contributed by atoms with Gasteiger partial charge in [-0.15, -0.1) is 0 Å². The lowest BCUT2D eigenvalue weighted by atomic mass is 10.0. The number of ether oxygens (including phenoxy) is 1. The SMILES string of the molecule is O=C(O)COCc1ccc(-c2ccc(Cl)c(Cl)c2)cc1Cl. The lowest BCUT2D eigenvalue weighted by molar-refractivity contribution is -0.142. The van der Waals surface area contributed by atoms with E-state index >= 15 is 0 Å². The highest BCUT2D eigenvalue weighted by Crippen LogP contribution is 2.31. The Kier molecular flexibility index (Phi) is 5.48. The summed E-state index contributed by atoms with van der Waals surface area (Å²) in [5, 5.41) is 9.99. The van der Waals surface area contributed by atoms with Crippen LogP contribution in [0.5, 0.6) is 0 Å². The van der Waals surface area contributed by atoms with E-state index in [-0.39, 0.29) is 13.2 Å². The summed E-state index contributed by atoms with van der Waals surface area (Å²) in [6, 6.07) is 10.8. The minimum atomic E-state index is -1.02. The maximum absolute atomic E-state index is 10.4. The van der Waals surface area contributed by atoms with Crippen LogP contribution in [0.15, 0.2) is 36.4 Å². The summed E-state index contributed by atoms with van der Waals surface area (Å²) < 4.78 is 5.02. The normalized spacial score (nSPS) is 10.6. The van der Waals surface area contributed by atoms with Gasteiger partial charge in [0.05, 0.1) is 16.7 Å². The van der Waals surface area contributed by atoms with Crippen LogP contribution in [0.2, 0.25) is 15.1 Å². The Balaban J connectivity index is 2.18. The van der Waals surface area contributed by atoms with Crippen molar-refractivity contribution in [3.63, 3.8) is 0 Å². The summed E-state index contributed by atoms with van der Waals surface area (Å²) in [6.45, 7) is -0.211. The van der Waals surface area contributed by atoms with Gasteiger partial charge in [0.2, 0.25) is 0 Å². The van der Waals surface area contributed by atoms with Gasteiger partial charge in [-0.05, 0) is 34.9 Å². The van der Waals surface area contributed by atoms with E-state index in [2.05, 4.69) is 0 Å². The summed E-state index contributed by atoms with van der Waals surface area (Å²) in [4.78, 5) is 10.4. The van der Waals surface area contributed by atoms with Crippen LogP contribution in [-0.2, 0) is 16.1 Å². The van der Waals surface area contributed by atoms with Crippen LogP contribution in [0.25, 0.3) is 11.1 Å². The van der Waals surface area contributed by atoms with Gasteiger partial charge in [-0.3, -0.25) is 0 Å². The average molecular weight is 346 g/mol. The first-order valence-corrected chi connectivity index (χ1v) is 7.14. The molecule has 0 aliphatic carbocycles. The van der Waals surface area contributed by atoms with Gasteiger partial charge in [-0.25, -0.2) is 4.79 Å². The lowest BCUT2D eigenvalue weighted by Crippen LogP contribution is -2.06. The second kappa shape index (κ2) is 7.14. The molecule has 0 aromatic heterocycles. The fourth-order valence-corrected chi connectivity index (χ4v) is 2.30. The van der Waals surface area contributed by atoms with Gasteiger partial charge in [0.1, 0.15) is 6.61 Å². The summed E-state index contributed by atoms with van der Waals surface area (Å²) in [5.74, 6) is -1.02. The monoisotopic (exact) mass is 344 g/mol. The Bertz CT molecular complexity index is 671. The number of benzene rings is 2. The molecule has 2 rings (SSSR count). The molecule has 1 N–H and O–H groups in total. The minimum Gasteiger partial charge on any atom is -0.480 e. The molecule has 0 saturated carbocycles. The van der Waals surface area contributed by atoms with Gasteiger partial charge in [0.15, 0.2) is 0 Å². The van der Waals surface area contributed by atoms with Gasteiger partial charge >= 0.3 is 5.97 Å². The second-order valence-electron chi connectivity index (χ2n) is 4.32. The number of hydrogen-bond acceptors (Lipinski definition) is 2. The lowest BCUT2D eigenvalue weighted by Gasteiger charge is -2.08. The molecule has 6 heteroatoms. The number of halogens is 3. The Morgan fingerprint density at radius 1 is 0.952 bits per heavy atom. The van der Waals surface area contributed by atoms with E-state index in [4.69, 9.17) is 44.6 Å². The first-order chi connectivity index (χ1) is 9.97. The molecule has 0 heterocycles. The zero-order valence-corrected chi connectivity index (χ0v) is 13.0. The molecule has 0 unspecified atom stereocenters. The van der Waals surface area contributed by atoms with Gasteiger partial charge in [-0.2, -0.15) is 0 Å². The molecular formula is C15H11Cl3O3. The van der Waals surface area contributed by atoms with E-state index in [1.54, 1.807) is 24.3 Å². The molecule has 21 heavy (non-hydrogen) atoms. The quantitative estimate of drug-likeness (QED) is 0.837. The number of carboxylic acids is 1. The molecule has 0 amide bonds. The summed E-state index contributed by atoms with van der Waals surface area (Å²) in [7, 11) is 0. The fraction of sp³-hybridized carbons (Fsp3) is 0.133. The van der Waals surface area contributed by atoms with Crippen molar-refractivity contribution in [1.29, 1.82) is 0 Å². The number of rotatable bonds is 5. The number of carboxylic acid groups (broad SMARTS) is 1. The van der Waals surface area contributed by atoms with E-state index in [0.29, 0.717) is 15.1 Å². The molecule has 0 fully saturated rings. The first-order valence-electron chi connectivity index (χ1n) is 6.01. The van der Waals surface area contributed by atoms with Gasteiger partial charge in [0.25, 0.3) is 0 Å². The first kappa shape index (κ1) is 16.1. The van der Waals surface area contributed by atoms with Crippen molar-refractivity contribution in [3.8, 4) is 11.1 Å². The topological polar surface area (TPSA) is 46.5 Å². The van der Waals surface area contributed by atoms with Crippen LogP contribution in [0.4, 0.5) is 0 Å². The maximum Gasteiger partial charge on any atom is 0.329 e. The molecule has 0 spiro atoms. The van der Waals surface area contributed by atoms with Crippen molar-refractivity contribution < 1.29 is 14.6 Å². The predicted octanol–water partition coefficient (Wildman–Crippen LogP) is 4.92. The van der Waals surface area contributed by atoms with E-state index < -0.39 is 5.97 Å². The Hall–Kier alpha value is -1.26. The van der Waals surface area contributed by atoms with E-state index in [1.165, 1.54) is 0 Å². The molecule has 0 saturated heterocycles. The van der Waals surface area contributed by atoms with Crippen LogP contribution < -0.4 is 0 Å². The fourth-order valence-electron chi connectivity index (χ4n) is 1.77. The Morgan fingerprint density at radius 2 is 1.57 bits per heavy atom. The standard InChI is InChI=1S/C15H11Cl3O3/c16-12-4-3-10(6-14(12)18)9-1-2-11(13(17)5-9)7-21-8-15(19)20/h1-6H,7-8H2,(H,19,20). The molecule has 110 valence electrons. The number of aliphatic carboxylic acids is 1. The van der Waals surface area contributed by atoms with Crippen molar-refractivity contribution in [2.75, 3.05) is 6.61 Å². The van der Waals surface area contributed by atoms with Crippen molar-refractivity contribution >= 4 is 40.8 Å². The Labute approximate surface area is 137 Å². The molecule has 0 bridgehead atoms. The zero-order valence-electron chi connectivity index (χ0n) is 10.8. The van der Waals surface area contributed by atoms with Crippen LogP contribution in [0.1, 0.15) is 5.56 Å². The third kappa shape index (κ3) is 4.35. The van der Waals surface area contributed by atoms with Crippen LogP contribution in [0, 0.1) is 0 Å². The van der Waals surface area contributed by atoms with Gasteiger partial charge in [-0.1, -0.05) is 53.0 Å². The minimum absolute atomic E-state index is 0.146. The van der Waals surface area contributed by atoms with Crippen molar-refractivity contribution in [2.45, 2.75) is 6.61 Å². The smallest absolute Gasteiger partial charge is 0.329 e. The van der Waals surface area contributed by atoms with E-state index in [1.807, 2.05) is 12.1 Å². The van der Waals surface area contributed by atoms with E-state index in [9.17, 15) is 4.79 Å². The summed E-state index contributed by atoms with van der Waals surface area (Å²) in [6.07, 6.45) is 0. The van der Waals surface area contributed by atoms with Crippen molar-refractivity contribution in [3.05, 3.63) is 57.0 Å². The molecule has 2 aromatic rings. The largest absolute Gasteiger partial charge is 0.480 e. The third-order valence-corrected chi connectivity index (χ3v) is 3.88. The summed E-state index contributed by atoms with van der Waals surface area (Å²) >= 11 is 18.1. The highest BCUT2D eigenvalue weighted by atomic mass is 35.5. The van der Waals surface area contributed by atoms with Gasteiger partial charge < -0.3 is 9.84 Å². The molecule has 2 aromatic carbocycles. The van der Waals surface area contributed by atoms with Crippen LogP contribution >= 0.6 is 34.8 Å². The molecule has 0 aliphatic heterocycles. The van der Waals surface area contributed by atoms with Crippen molar-refractivity contribution in [2.24, 2.45) is 0 Å². The highest BCUT2D eigenvalue weighted by molar-refractivity contribution is 6.42. The summed E-state index contributed by atoms with van der Waals surface area (Å²) in [5.41, 5.74) is 2.51. The second-order valence-corrected chi connectivity index (χ2v) is 5.54. The molecule has 3 nitrogen and oxygen atoms in total. The maximum atomic E-state index is 10.4. The number of carbonyl (C=O) groups is 1. The van der Waals surface area contributed by atoms with Crippen LogP contribution in [-0.4, -0.2) is 17.7 Å².